The van der Waals surface area contributed by atoms with E-state index in [0.29, 0.717) is 12.0 Å². The molecular formula is C13H16O2. The van der Waals surface area contributed by atoms with Crippen molar-refractivity contribution in [2.45, 2.75) is 25.7 Å². The number of rotatable bonds is 6. The topological polar surface area (TPSA) is 37.3 Å². The molecular weight excluding hydrogens is 188 g/mol. The van der Waals surface area contributed by atoms with Crippen molar-refractivity contribution in [2.75, 3.05) is 0 Å². The van der Waals surface area contributed by atoms with Crippen LogP contribution in [0.5, 0.6) is 0 Å². The van der Waals surface area contributed by atoms with Crippen LogP contribution in [0, 0.1) is 0 Å². The van der Waals surface area contributed by atoms with Crippen LogP contribution in [0.1, 0.15) is 24.8 Å². The number of carboxylic acids is 1. The number of hydrogen-bond donors (Lipinski definition) is 1. The largest absolute Gasteiger partial charge is 0.478 e. The molecule has 0 aliphatic heterocycles. The fourth-order valence-electron chi connectivity index (χ4n) is 1.42. The molecule has 80 valence electrons. The average Bonchev–Trinajstić information content (AvgIpc) is 2.25. The molecule has 0 heterocycles. The van der Waals surface area contributed by atoms with E-state index in [9.17, 15) is 4.79 Å². The van der Waals surface area contributed by atoms with Crippen molar-refractivity contribution >= 4 is 5.97 Å². The van der Waals surface area contributed by atoms with Crippen LogP contribution in [0.25, 0.3) is 0 Å². The summed E-state index contributed by atoms with van der Waals surface area (Å²) in [5.74, 6) is -0.880. The summed E-state index contributed by atoms with van der Waals surface area (Å²) in [5, 5.41) is 8.60. The molecule has 0 bridgehead atoms. The number of aliphatic carboxylic acids is 1. The lowest BCUT2D eigenvalue weighted by Gasteiger charge is -2.01. The van der Waals surface area contributed by atoms with E-state index in [0.717, 1.165) is 19.3 Å². The van der Waals surface area contributed by atoms with Gasteiger partial charge in [0.05, 0.1) is 0 Å². The van der Waals surface area contributed by atoms with Gasteiger partial charge >= 0.3 is 5.97 Å². The molecule has 0 atom stereocenters. The molecule has 1 aromatic rings. The minimum Gasteiger partial charge on any atom is -0.478 e. The first-order valence-electron chi connectivity index (χ1n) is 5.15. The minimum atomic E-state index is -0.880. The molecule has 1 aromatic carbocycles. The second-order valence-corrected chi connectivity index (χ2v) is 3.60. The third-order valence-corrected chi connectivity index (χ3v) is 2.34. The van der Waals surface area contributed by atoms with Crippen LogP contribution in [-0.4, -0.2) is 11.1 Å². The molecule has 0 amide bonds. The van der Waals surface area contributed by atoms with Crippen molar-refractivity contribution < 1.29 is 9.90 Å². The molecule has 0 aliphatic carbocycles. The smallest absolute Gasteiger partial charge is 0.330 e. The first-order valence-corrected chi connectivity index (χ1v) is 5.15. The first-order chi connectivity index (χ1) is 7.20. The maximum absolute atomic E-state index is 10.5. The van der Waals surface area contributed by atoms with Gasteiger partial charge in [0, 0.05) is 5.57 Å². The lowest BCUT2D eigenvalue weighted by atomic mass is 10.0. The maximum Gasteiger partial charge on any atom is 0.330 e. The van der Waals surface area contributed by atoms with Gasteiger partial charge < -0.3 is 5.11 Å². The highest BCUT2D eigenvalue weighted by molar-refractivity contribution is 5.85. The summed E-state index contributed by atoms with van der Waals surface area (Å²) in [5.41, 5.74) is 1.61. The summed E-state index contributed by atoms with van der Waals surface area (Å²) in [7, 11) is 0. The Balaban J connectivity index is 2.18. The molecule has 15 heavy (non-hydrogen) atoms. The van der Waals surface area contributed by atoms with Crippen molar-refractivity contribution in [3.63, 3.8) is 0 Å². The fraction of sp³-hybridized carbons (Fsp3) is 0.308. The Hall–Kier alpha value is -1.57. The van der Waals surface area contributed by atoms with Crippen molar-refractivity contribution in [2.24, 2.45) is 0 Å². The summed E-state index contributed by atoms with van der Waals surface area (Å²) in [6.07, 6.45) is 3.49. The predicted octanol–water partition coefficient (Wildman–Crippen LogP) is 3.04. The second-order valence-electron chi connectivity index (χ2n) is 3.60. The highest BCUT2D eigenvalue weighted by Gasteiger charge is 2.02. The molecule has 1 rings (SSSR count). The van der Waals surface area contributed by atoms with E-state index in [-0.39, 0.29) is 0 Å². The van der Waals surface area contributed by atoms with Crippen molar-refractivity contribution in [3.05, 3.63) is 48.0 Å². The van der Waals surface area contributed by atoms with E-state index in [1.807, 2.05) is 18.2 Å². The highest BCUT2D eigenvalue weighted by Crippen LogP contribution is 2.09. The van der Waals surface area contributed by atoms with Gasteiger partial charge in [-0.25, -0.2) is 4.79 Å². The summed E-state index contributed by atoms with van der Waals surface area (Å²) in [6.45, 7) is 3.50. The average molecular weight is 204 g/mol. The van der Waals surface area contributed by atoms with E-state index < -0.39 is 5.97 Å². The number of aryl methyl sites for hydroxylation is 1. The van der Waals surface area contributed by atoms with Gasteiger partial charge in [-0.1, -0.05) is 36.9 Å². The summed E-state index contributed by atoms with van der Waals surface area (Å²) >= 11 is 0. The Morgan fingerprint density at radius 1 is 1.20 bits per heavy atom. The van der Waals surface area contributed by atoms with E-state index in [1.54, 1.807) is 0 Å². The third kappa shape index (κ3) is 4.45. The predicted molar refractivity (Wildman–Crippen MR) is 60.8 cm³/mol. The Bertz CT molecular complexity index is 328. The number of hydrogen-bond acceptors (Lipinski definition) is 1. The van der Waals surface area contributed by atoms with Crippen LogP contribution in [0.4, 0.5) is 0 Å². The number of benzene rings is 1. The Labute approximate surface area is 90.3 Å². The summed E-state index contributed by atoms with van der Waals surface area (Å²) in [4.78, 5) is 10.5. The molecule has 2 nitrogen and oxygen atoms in total. The van der Waals surface area contributed by atoms with Gasteiger partial charge in [-0.3, -0.25) is 0 Å². The molecule has 0 saturated carbocycles. The zero-order chi connectivity index (χ0) is 11.1. The second kappa shape index (κ2) is 6.02. The number of unbranched alkanes of at least 4 members (excludes halogenated alkanes) is 1. The van der Waals surface area contributed by atoms with Gasteiger partial charge in [-0.05, 0) is 31.2 Å². The van der Waals surface area contributed by atoms with E-state index in [1.165, 1.54) is 5.56 Å². The fourth-order valence-corrected chi connectivity index (χ4v) is 1.42. The van der Waals surface area contributed by atoms with E-state index >= 15 is 0 Å². The zero-order valence-electron chi connectivity index (χ0n) is 8.78. The first kappa shape index (κ1) is 11.5. The summed E-state index contributed by atoms with van der Waals surface area (Å²) < 4.78 is 0. The Kier molecular flexibility index (Phi) is 4.61. The van der Waals surface area contributed by atoms with Gasteiger partial charge in [-0.15, -0.1) is 0 Å². The quantitative estimate of drug-likeness (QED) is 0.571. The van der Waals surface area contributed by atoms with Gasteiger partial charge in [0.25, 0.3) is 0 Å². The molecule has 1 N–H and O–H groups in total. The lowest BCUT2D eigenvalue weighted by Crippen LogP contribution is -1.98. The Morgan fingerprint density at radius 2 is 1.87 bits per heavy atom. The van der Waals surface area contributed by atoms with Gasteiger partial charge in [0.2, 0.25) is 0 Å². The normalized spacial score (nSPS) is 9.87. The molecule has 0 aromatic heterocycles. The molecule has 0 aliphatic rings. The standard InChI is InChI=1S/C13H16O2/c1-11(13(14)15)7-5-6-10-12-8-3-2-4-9-12/h2-4,8-9H,1,5-7,10H2,(H,14,15). The number of carbonyl (C=O) groups is 1. The minimum absolute atomic E-state index is 0.308. The van der Waals surface area contributed by atoms with Crippen LogP contribution < -0.4 is 0 Å². The van der Waals surface area contributed by atoms with E-state index in [4.69, 9.17) is 5.11 Å². The number of carboxylic acid groups (broad SMARTS) is 1. The van der Waals surface area contributed by atoms with Crippen LogP contribution in [0.15, 0.2) is 42.5 Å². The van der Waals surface area contributed by atoms with E-state index in [2.05, 4.69) is 18.7 Å². The SMILES string of the molecule is C=C(CCCCc1ccccc1)C(=O)O. The van der Waals surface area contributed by atoms with Crippen LogP contribution in [0.2, 0.25) is 0 Å². The lowest BCUT2D eigenvalue weighted by molar-refractivity contribution is -0.132. The van der Waals surface area contributed by atoms with Crippen LogP contribution in [-0.2, 0) is 11.2 Å². The molecule has 2 heteroatoms. The van der Waals surface area contributed by atoms with Crippen LogP contribution >= 0.6 is 0 Å². The van der Waals surface area contributed by atoms with Gasteiger partial charge in [0.1, 0.15) is 0 Å². The third-order valence-electron chi connectivity index (χ3n) is 2.34. The van der Waals surface area contributed by atoms with Crippen molar-refractivity contribution in [1.29, 1.82) is 0 Å². The van der Waals surface area contributed by atoms with Crippen LogP contribution in [0.3, 0.4) is 0 Å². The summed E-state index contributed by atoms with van der Waals surface area (Å²) in [6, 6.07) is 10.2. The molecule has 0 unspecified atom stereocenters. The Morgan fingerprint density at radius 3 is 2.47 bits per heavy atom. The monoisotopic (exact) mass is 204 g/mol. The molecule has 0 saturated heterocycles. The van der Waals surface area contributed by atoms with Gasteiger partial charge in [-0.2, -0.15) is 0 Å². The van der Waals surface area contributed by atoms with Crippen molar-refractivity contribution in [3.8, 4) is 0 Å². The van der Waals surface area contributed by atoms with Crippen molar-refractivity contribution in [1.82, 2.24) is 0 Å². The molecule has 0 radical (unpaired) electrons. The highest BCUT2D eigenvalue weighted by atomic mass is 16.4. The molecule has 0 spiro atoms. The van der Waals surface area contributed by atoms with Gasteiger partial charge in [0.15, 0.2) is 0 Å². The molecule has 0 fully saturated rings. The zero-order valence-corrected chi connectivity index (χ0v) is 8.78. The maximum atomic E-state index is 10.5.